The molecule has 0 aromatic carbocycles. The maximum atomic E-state index is 12.1. The Labute approximate surface area is 119 Å². The highest BCUT2D eigenvalue weighted by molar-refractivity contribution is 5.93. The van der Waals surface area contributed by atoms with Crippen LogP contribution in [0.1, 0.15) is 16.2 Å². The Morgan fingerprint density at radius 3 is 2.76 bits per heavy atom. The smallest absolute Gasteiger partial charge is 0.405 e. The lowest BCUT2D eigenvalue weighted by atomic mass is 10.3. The second kappa shape index (κ2) is 6.78. The fraction of sp³-hybridized carbons (Fsp3) is 0.231. The zero-order valence-electron chi connectivity index (χ0n) is 11.3. The second-order valence-electron chi connectivity index (χ2n) is 4.03. The zero-order chi connectivity index (χ0) is 16.0. The molecule has 0 aliphatic carbocycles. The molecule has 0 spiro atoms. The van der Waals surface area contributed by atoms with Crippen molar-refractivity contribution >= 4 is 11.6 Å². The lowest BCUT2D eigenvalue weighted by Gasteiger charge is -2.08. The molecule has 1 amide bonds. The minimum atomic E-state index is -4.47. The fourth-order valence-corrected chi connectivity index (χ4v) is 1.56. The van der Waals surface area contributed by atoms with Gasteiger partial charge in [-0.2, -0.15) is 13.2 Å². The predicted molar refractivity (Wildman–Crippen MR) is 73.1 cm³/mol. The molecule has 0 aliphatic rings. The molecule has 3 N–H and O–H groups in total. The summed E-state index contributed by atoms with van der Waals surface area (Å²) in [6.07, 6.45) is 2.86. The lowest BCUT2D eigenvalue weighted by Crippen LogP contribution is -2.34. The van der Waals surface area contributed by atoms with E-state index in [-0.39, 0.29) is 5.69 Å². The number of alkyl halides is 3. The second-order valence-corrected chi connectivity index (χ2v) is 4.03. The van der Waals surface area contributed by atoms with Crippen LogP contribution in [0.2, 0.25) is 0 Å². The van der Waals surface area contributed by atoms with Crippen molar-refractivity contribution in [2.75, 3.05) is 6.54 Å². The van der Waals surface area contributed by atoms with Crippen molar-refractivity contribution in [1.82, 2.24) is 14.9 Å². The molecule has 1 rings (SSSR count). The van der Waals surface area contributed by atoms with Crippen molar-refractivity contribution in [2.24, 2.45) is 5.73 Å². The van der Waals surface area contributed by atoms with Crippen LogP contribution in [0.4, 0.5) is 13.2 Å². The molecular weight excluding hydrogens is 285 g/mol. The number of hydrogen-bond acceptors (Lipinski definition) is 3. The topological polar surface area (TPSA) is 72.9 Å². The first-order valence-corrected chi connectivity index (χ1v) is 5.90. The Kier molecular flexibility index (Phi) is 5.34. The summed E-state index contributed by atoms with van der Waals surface area (Å²) < 4.78 is 37.8. The normalized spacial score (nSPS) is 12.7. The third kappa shape index (κ3) is 4.51. The minimum absolute atomic E-state index is 0.0799. The highest BCUT2D eigenvalue weighted by atomic mass is 19.4. The van der Waals surface area contributed by atoms with E-state index >= 15 is 0 Å². The molecule has 1 aromatic rings. The van der Waals surface area contributed by atoms with E-state index in [1.807, 2.05) is 0 Å². The van der Waals surface area contributed by atoms with Crippen molar-refractivity contribution in [3.63, 3.8) is 0 Å². The lowest BCUT2D eigenvalue weighted by molar-refractivity contribution is -0.123. The van der Waals surface area contributed by atoms with Crippen molar-refractivity contribution in [3.05, 3.63) is 48.7 Å². The van der Waals surface area contributed by atoms with Gasteiger partial charge in [0.1, 0.15) is 18.6 Å². The summed E-state index contributed by atoms with van der Waals surface area (Å²) >= 11 is 0. The average Bonchev–Trinajstić information content (AvgIpc) is 2.78. The molecule has 0 saturated heterocycles. The number of imidazole rings is 1. The van der Waals surface area contributed by atoms with E-state index in [1.54, 1.807) is 24.4 Å². The van der Waals surface area contributed by atoms with E-state index in [1.165, 1.54) is 23.2 Å². The number of aromatic nitrogens is 2. The predicted octanol–water partition coefficient (Wildman–Crippen LogP) is 1.98. The van der Waals surface area contributed by atoms with E-state index in [0.717, 1.165) is 0 Å². The van der Waals surface area contributed by atoms with E-state index in [4.69, 9.17) is 5.73 Å². The Morgan fingerprint density at radius 2 is 2.24 bits per heavy atom. The van der Waals surface area contributed by atoms with Crippen LogP contribution in [0, 0.1) is 6.92 Å². The van der Waals surface area contributed by atoms with Gasteiger partial charge in [-0.25, -0.2) is 4.98 Å². The molecule has 1 heterocycles. The van der Waals surface area contributed by atoms with Crippen LogP contribution in [0.3, 0.4) is 0 Å². The van der Waals surface area contributed by atoms with Crippen LogP contribution < -0.4 is 11.1 Å². The average molecular weight is 300 g/mol. The molecule has 114 valence electrons. The number of carbonyl (C=O) groups is 1. The molecule has 0 radical (unpaired) electrons. The number of amides is 1. The van der Waals surface area contributed by atoms with Gasteiger partial charge < -0.3 is 15.6 Å². The van der Waals surface area contributed by atoms with Crippen LogP contribution in [0.25, 0.3) is 5.70 Å². The number of allylic oxidation sites excluding steroid dienone is 4. The highest BCUT2D eigenvalue weighted by Crippen LogP contribution is 2.15. The minimum Gasteiger partial charge on any atom is -0.405 e. The molecule has 8 heteroatoms. The number of carbonyl (C=O) groups excluding carboxylic acids is 1. The van der Waals surface area contributed by atoms with Crippen LogP contribution in [-0.4, -0.2) is 28.2 Å². The number of nitrogens with zero attached hydrogens (tertiary/aromatic N) is 2. The highest BCUT2D eigenvalue weighted by Gasteiger charge is 2.28. The molecule has 1 aromatic heterocycles. The summed E-state index contributed by atoms with van der Waals surface area (Å²) in [6, 6.07) is 0. The molecular formula is C13H15F3N4O. The molecule has 0 aliphatic heterocycles. The van der Waals surface area contributed by atoms with Crippen molar-refractivity contribution in [1.29, 1.82) is 0 Å². The van der Waals surface area contributed by atoms with Gasteiger partial charge in [0.25, 0.3) is 5.91 Å². The van der Waals surface area contributed by atoms with E-state index in [0.29, 0.717) is 11.4 Å². The molecule has 5 nitrogen and oxygen atoms in total. The molecule has 0 saturated carbocycles. The van der Waals surface area contributed by atoms with Crippen molar-refractivity contribution in [3.8, 4) is 0 Å². The zero-order valence-corrected chi connectivity index (χ0v) is 11.3. The summed E-state index contributed by atoms with van der Waals surface area (Å²) in [5.41, 5.74) is 6.12. The summed E-state index contributed by atoms with van der Waals surface area (Å²) in [7, 11) is 0. The molecule has 0 fully saturated rings. The number of nitrogens with two attached hydrogens (primary N) is 1. The Hall–Kier alpha value is -2.51. The number of halogens is 3. The van der Waals surface area contributed by atoms with Crippen molar-refractivity contribution < 1.29 is 18.0 Å². The molecule has 0 atom stereocenters. The van der Waals surface area contributed by atoms with Gasteiger partial charge in [0.05, 0.1) is 5.69 Å². The molecule has 0 unspecified atom stereocenters. The first-order chi connectivity index (χ1) is 9.80. The fourth-order valence-electron chi connectivity index (χ4n) is 1.56. The Morgan fingerprint density at radius 1 is 1.57 bits per heavy atom. The van der Waals surface area contributed by atoms with Gasteiger partial charge >= 0.3 is 6.18 Å². The Balaban J connectivity index is 2.98. The van der Waals surface area contributed by atoms with Gasteiger partial charge in [0.15, 0.2) is 0 Å². The van der Waals surface area contributed by atoms with E-state index < -0.39 is 18.6 Å². The first kappa shape index (κ1) is 16.5. The number of hydrogen-bond donors (Lipinski definition) is 2. The molecule has 0 bridgehead atoms. The van der Waals surface area contributed by atoms with Gasteiger partial charge in [-0.05, 0) is 31.4 Å². The first-order valence-electron chi connectivity index (χ1n) is 5.90. The van der Waals surface area contributed by atoms with E-state index in [9.17, 15) is 18.0 Å². The number of nitrogens with one attached hydrogen (secondary N) is 1. The third-order valence-corrected chi connectivity index (χ3v) is 2.54. The van der Waals surface area contributed by atoms with Gasteiger partial charge in [-0.15, -0.1) is 0 Å². The molecule has 21 heavy (non-hydrogen) atoms. The van der Waals surface area contributed by atoms with Gasteiger partial charge in [0, 0.05) is 5.70 Å². The van der Waals surface area contributed by atoms with Crippen LogP contribution in [0.15, 0.2) is 37.3 Å². The largest absolute Gasteiger partial charge is 0.405 e. The summed E-state index contributed by atoms with van der Waals surface area (Å²) in [4.78, 5) is 15.5. The SMILES string of the molecule is C=C/C(=C\C=C/N)n1cnc(C(=O)NCC(F)(F)F)c1C. The van der Waals surface area contributed by atoms with Crippen LogP contribution in [0.5, 0.6) is 0 Å². The van der Waals surface area contributed by atoms with Gasteiger partial charge in [0.2, 0.25) is 0 Å². The summed E-state index contributed by atoms with van der Waals surface area (Å²) in [5.74, 6) is -0.888. The quantitative estimate of drug-likeness (QED) is 0.817. The van der Waals surface area contributed by atoms with Gasteiger partial charge in [-0.1, -0.05) is 6.58 Å². The van der Waals surface area contributed by atoms with E-state index in [2.05, 4.69) is 11.6 Å². The van der Waals surface area contributed by atoms with Crippen LogP contribution >= 0.6 is 0 Å². The summed E-state index contributed by atoms with van der Waals surface area (Å²) in [6.45, 7) is 3.78. The van der Waals surface area contributed by atoms with Gasteiger partial charge in [-0.3, -0.25) is 4.79 Å². The Bertz CT molecular complexity index is 585. The maximum Gasteiger partial charge on any atom is 0.405 e. The standard InChI is InChI=1S/C13H15F3N4O/c1-3-10(5-4-6-17)20-8-19-11(9(20)2)12(21)18-7-13(14,15)16/h3-6,8H,1,7,17H2,2H3,(H,18,21)/b6-4-,10-5+. The summed E-state index contributed by atoms with van der Waals surface area (Å²) in [5, 5.41) is 1.77. The maximum absolute atomic E-state index is 12.1. The number of rotatable bonds is 5. The van der Waals surface area contributed by atoms with Crippen molar-refractivity contribution in [2.45, 2.75) is 13.1 Å². The monoisotopic (exact) mass is 300 g/mol. The van der Waals surface area contributed by atoms with Crippen LogP contribution in [-0.2, 0) is 0 Å². The third-order valence-electron chi connectivity index (χ3n) is 2.54.